The highest BCUT2D eigenvalue weighted by molar-refractivity contribution is 7.22. The zero-order valence-electron chi connectivity index (χ0n) is 23.2. The quantitative estimate of drug-likeness (QED) is 0.137. The van der Waals surface area contributed by atoms with Crippen molar-refractivity contribution in [3.05, 3.63) is 77.9 Å². The van der Waals surface area contributed by atoms with E-state index < -0.39 is 0 Å². The summed E-state index contributed by atoms with van der Waals surface area (Å²) < 4.78 is 28.4. The van der Waals surface area contributed by atoms with Crippen LogP contribution in [0.4, 0.5) is 0 Å². The van der Waals surface area contributed by atoms with Crippen LogP contribution in [0.5, 0.6) is 17.2 Å². The van der Waals surface area contributed by atoms with Crippen LogP contribution in [0.25, 0.3) is 20.5 Å². The number of methoxy groups -OCH3 is 2. The third-order valence-electron chi connectivity index (χ3n) is 7.02. The fourth-order valence-corrected chi connectivity index (χ4v) is 6.17. The fraction of sp³-hybridized carbons (Fsp3) is 0.344. The standard InChI is InChI=1S/C32H35NO6S/c1-22(33-17-5-4-6-18-33)39-26-13-7-23(8-14-26)31(34)30-28-16-15-27(38-21-36-3)19-29(28)40-32(30)24-9-11-25(12-10-24)37-20-35-2/h7-16,19,22H,4-6,17-18,20-21H2,1-3H3. The Morgan fingerprint density at radius 3 is 2.12 bits per heavy atom. The number of hydrogen-bond acceptors (Lipinski definition) is 8. The zero-order chi connectivity index (χ0) is 27.9. The first-order valence-electron chi connectivity index (χ1n) is 13.5. The monoisotopic (exact) mass is 561 g/mol. The molecule has 8 heteroatoms. The number of ketones is 1. The number of fused-ring (bicyclic) bond motifs is 1. The Bertz CT molecular complexity index is 1410. The second kappa shape index (κ2) is 13.3. The lowest BCUT2D eigenvalue weighted by molar-refractivity contribution is 0.0262. The Kier molecular flexibility index (Phi) is 9.34. The van der Waals surface area contributed by atoms with E-state index in [9.17, 15) is 4.79 Å². The molecule has 0 bridgehead atoms. The fourth-order valence-electron chi connectivity index (χ4n) is 4.93. The third kappa shape index (κ3) is 6.47. The van der Waals surface area contributed by atoms with Crippen molar-refractivity contribution >= 4 is 27.2 Å². The molecule has 0 aliphatic carbocycles. The van der Waals surface area contributed by atoms with E-state index in [4.69, 9.17) is 23.7 Å². The average Bonchev–Trinajstić information content (AvgIpc) is 3.38. The van der Waals surface area contributed by atoms with Crippen molar-refractivity contribution in [1.29, 1.82) is 0 Å². The molecule has 1 saturated heterocycles. The molecule has 40 heavy (non-hydrogen) atoms. The van der Waals surface area contributed by atoms with E-state index in [1.54, 1.807) is 25.6 Å². The molecule has 4 aromatic rings. The molecule has 7 nitrogen and oxygen atoms in total. The van der Waals surface area contributed by atoms with Crippen molar-refractivity contribution in [2.75, 3.05) is 40.9 Å². The van der Waals surface area contributed by atoms with Gasteiger partial charge in [-0.05, 0) is 92.1 Å². The molecule has 1 aromatic heterocycles. The van der Waals surface area contributed by atoms with Crippen LogP contribution < -0.4 is 14.2 Å². The van der Waals surface area contributed by atoms with E-state index in [-0.39, 0.29) is 25.6 Å². The van der Waals surface area contributed by atoms with Crippen molar-refractivity contribution in [1.82, 2.24) is 4.90 Å². The minimum Gasteiger partial charge on any atom is -0.475 e. The number of benzene rings is 3. The van der Waals surface area contributed by atoms with Crippen LogP contribution in [0.3, 0.4) is 0 Å². The Morgan fingerprint density at radius 1 is 0.825 bits per heavy atom. The van der Waals surface area contributed by atoms with E-state index in [2.05, 4.69) is 11.8 Å². The number of likely N-dealkylation sites (tertiary alicyclic amines) is 1. The number of ether oxygens (including phenoxy) is 5. The SMILES string of the molecule is COCOc1ccc(-c2sc3cc(OCOC)ccc3c2C(=O)c2ccc(OC(C)N3CCCCC3)cc2)cc1. The molecule has 3 aromatic carbocycles. The van der Waals surface area contributed by atoms with Crippen LogP contribution in [0.15, 0.2) is 66.7 Å². The van der Waals surface area contributed by atoms with E-state index in [1.807, 2.05) is 66.7 Å². The van der Waals surface area contributed by atoms with Crippen LogP contribution in [-0.4, -0.2) is 57.8 Å². The Hall–Kier alpha value is -3.43. The van der Waals surface area contributed by atoms with Crippen molar-refractivity contribution in [2.24, 2.45) is 0 Å². The molecule has 5 rings (SSSR count). The Labute approximate surface area is 239 Å². The molecular formula is C32H35NO6S. The number of piperidine rings is 1. The zero-order valence-corrected chi connectivity index (χ0v) is 24.0. The summed E-state index contributed by atoms with van der Waals surface area (Å²) in [5.74, 6) is 2.11. The maximum absolute atomic E-state index is 14.0. The highest BCUT2D eigenvalue weighted by Crippen LogP contribution is 2.41. The van der Waals surface area contributed by atoms with Crippen molar-refractivity contribution in [3.8, 4) is 27.7 Å². The molecule has 0 radical (unpaired) electrons. The molecule has 1 aliphatic rings. The van der Waals surface area contributed by atoms with Gasteiger partial charge in [0.1, 0.15) is 23.5 Å². The van der Waals surface area contributed by atoms with E-state index >= 15 is 0 Å². The minimum absolute atomic E-state index is 0.000338. The van der Waals surface area contributed by atoms with Gasteiger partial charge in [-0.25, -0.2) is 0 Å². The maximum Gasteiger partial charge on any atom is 0.195 e. The molecule has 0 spiro atoms. The summed E-state index contributed by atoms with van der Waals surface area (Å²) in [4.78, 5) is 17.3. The van der Waals surface area contributed by atoms with E-state index in [1.165, 1.54) is 19.3 Å². The first-order valence-corrected chi connectivity index (χ1v) is 14.3. The normalized spacial score (nSPS) is 14.7. The summed E-state index contributed by atoms with van der Waals surface area (Å²) in [6.07, 6.45) is 3.70. The Balaban J connectivity index is 1.44. The van der Waals surface area contributed by atoms with Gasteiger partial charge in [-0.15, -0.1) is 11.3 Å². The van der Waals surface area contributed by atoms with Crippen LogP contribution >= 0.6 is 11.3 Å². The number of thiophene rings is 1. The molecule has 0 N–H and O–H groups in total. The van der Waals surface area contributed by atoms with Crippen LogP contribution in [0, 0.1) is 0 Å². The highest BCUT2D eigenvalue weighted by Gasteiger charge is 2.23. The van der Waals surface area contributed by atoms with Crippen LogP contribution in [0.1, 0.15) is 42.1 Å². The summed E-state index contributed by atoms with van der Waals surface area (Å²) in [5.41, 5.74) is 2.21. The van der Waals surface area contributed by atoms with Gasteiger partial charge in [0.05, 0.1) is 0 Å². The predicted molar refractivity (Wildman–Crippen MR) is 158 cm³/mol. The first-order chi connectivity index (χ1) is 19.6. The first kappa shape index (κ1) is 28.1. The largest absolute Gasteiger partial charge is 0.475 e. The summed E-state index contributed by atoms with van der Waals surface area (Å²) in [7, 11) is 3.17. The lowest BCUT2D eigenvalue weighted by Crippen LogP contribution is -2.40. The second-order valence-electron chi connectivity index (χ2n) is 9.76. The van der Waals surface area contributed by atoms with Gasteiger partial charge in [0.2, 0.25) is 0 Å². The van der Waals surface area contributed by atoms with Gasteiger partial charge in [-0.1, -0.05) is 6.42 Å². The van der Waals surface area contributed by atoms with Crippen molar-refractivity contribution < 1.29 is 28.5 Å². The average molecular weight is 562 g/mol. The lowest BCUT2D eigenvalue weighted by atomic mass is 9.97. The smallest absolute Gasteiger partial charge is 0.195 e. The summed E-state index contributed by atoms with van der Waals surface area (Å²) in [6.45, 7) is 4.53. The van der Waals surface area contributed by atoms with Crippen LogP contribution in [-0.2, 0) is 9.47 Å². The highest BCUT2D eigenvalue weighted by atomic mass is 32.1. The van der Waals surface area contributed by atoms with Gasteiger partial charge in [-0.2, -0.15) is 0 Å². The topological polar surface area (TPSA) is 66.5 Å². The van der Waals surface area contributed by atoms with E-state index in [0.29, 0.717) is 22.6 Å². The number of hydrogen-bond donors (Lipinski definition) is 0. The molecule has 2 heterocycles. The maximum atomic E-state index is 14.0. The summed E-state index contributed by atoms with van der Waals surface area (Å²) >= 11 is 1.56. The Morgan fingerprint density at radius 2 is 1.45 bits per heavy atom. The molecule has 1 atom stereocenters. The molecule has 0 amide bonds. The molecule has 210 valence electrons. The van der Waals surface area contributed by atoms with Gasteiger partial charge in [-0.3, -0.25) is 9.69 Å². The molecular weight excluding hydrogens is 526 g/mol. The molecule has 0 saturated carbocycles. The van der Waals surface area contributed by atoms with Crippen molar-refractivity contribution in [2.45, 2.75) is 32.4 Å². The molecule has 1 fully saturated rings. The van der Waals surface area contributed by atoms with Gasteiger partial charge < -0.3 is 23.7 Å². The number of carbonyl (C=O) groups is 1. The van der Waals surface area contributed by atoms with Crippen LogP contribution in [0.2, 0.25) is 0 Å². The van der Waals surface area contributed by atoms with Gasteiger partial charge in [0.25, 0.3) is 0 Å². The van der Waals surface area contributed by atoms with Crippen molar-refractivity contribution in [3.63, 3.8) is 0 Å². The number of nitrogens with zero attached hydrogens (tertiary/aromatic N) is 1. The number of rotatable bonds is 12. The lowest BCUT2D eigenvalue weighted by Gasteiger charge is -2.32. The van der Waals surface area contributed by atoms with Gasteiger partial charge >= 0.3 is 0 Å². The number of carbonyl (C=O) groups excluding carboxylic acids is 1. The predicted octanol–water partition coefficient (Wildman–Crippen LogP) is 6.98. The summed E-state index contributed by atoms with van der Waals surface area (Å²) in [5, 5.41) is 0.883. The molecule has 1 unspecified atom stereocenters. The van der Waals surface area contributed by atoms with Gasteiger partial charge in [0.15, 0.2) is 19.4 Å². The summed E-state index contributed by atoms with van der Waals surface area (Å²) in [6, 6.07) is 21.0. The second-order valence-corrected chi connectivity index (χ2v) is 10.8. The third-order valence-corrected chi connectivity index (χ3v) is 8.22. The molecule has 1 aliphatic heterocycles. The van der Waals surface area contributed by atoms with Gasteiger partial charge in [0, 0.05) is 53.4 Å². The van der Waals surface area contributed by atoms with E-state index in [0.717, 1.165) is 39.4 Å². The minimum atomic E-state index is -0.0397.